The fraction of sp³-hybridized carbons (Fsp3) is 0.917. The lowest BCUT2D eigenvalue weighted by molar-refractivity contribution is -0.121. The molecule has 1 aliphatic heterocycles. The Morgan fingerprint density at radius 1 is 1.56 bits per heavy atom. The van der Waals surface area contributed by atoms with Crippen LogP contribution < -0.4 is 11.1 Å². The van der Waals surface area contributed by atoms with E-state index in [1.807, 2.05) is 18.7 Å². The average Bonchev–Trinajstić information content (AvgIpc) is 2.27. The van der Waals surface area contributed by atoms with Crippen molar-refractivity contribution in [1.29, 1.82) is 0 Å². The van der Waals surface area contributed by atoms with Gasteiger partial charge in [-0.3, -0.25) is 4.79 Å². The summed E-state index contributed by atoms with van der Waals surface area (Å²) >= 11 is 2.00. The van der Waals surface area contributed by atoms with E-state index in [-0.39, 0.29) is 11.9 Å². The molecule has 1 fully saturated rings. The van der Waals surface area contributed by atoms with E-state index in [9.17, 15) is 4.79 Å². The van der Waals surface area contributed by atoms with E-state index in [1.54, 1.807) is 0 Å². The standard InChI is InChI=1S/C12H24N2OS/c1-10(13)5-4-7-12(15)14-9-11-6-2-3-8-16-11/h10-11H,2-9,13H2,1H3,(H,14,15). The highest BCUT2D eigenvalue weighted by atomic mass is 32.2. The van der Waals surface area contributed by atoms with Crippen molar-refractivity contribution in [2.45, 2.75) is 56.7 Å². The van der Waals surface area contributed by atoms with Crippen molar-refractivity contribution in [3.63, 3.8) is 0 Å². The van der Waals surface area contributed by atoms with Gasteiger partial charge in [0, 0.05) is 24.3 Å². The number of thioether (sulfide) groups is 1. The van der Waals surface area contributed by atoms with Crippen molar-refractivity contribution in [3.8, 4) is 0 Å². The van der Waals surface area contributed by atoms with Gasteiger partial charge >= 0.3 is 0 Å². The lowest BCUT2D eigenvalue weighted by Crippen LogP contribution is -2.31. The molecule has 0 aromatic heterocycles. The monoisotopic (exact) mass is 244 g/mol. The first-order chi connectivity index (χ1) is 7.68. The van der Waals surface area contributed by atoms with Crippen molar-refractivity contribution in [1.82, 2.24) is 5.32 Å². The minimum absolute atomic E-state index is 0.187. The summed E-state index contributed by atoms with van der Waals surface area (Å²) in [4.78, 5) is 11.5. The maximum absolute atomic E-state index is 11.5. The van der Waals surface area contributed by atoms with E-state index in [0.717, 1.165) is 19.4 Å². The highest BCUT2D eigenvalue weighted by Crippen LogP contribution is 2.24. The molecule has 3 nitrogen and oxygen atoms in total. The van der Waals surface area contributed by atoms with Crippen molar-refractivity contribution >= 4 is 17.7 Å². The Bertz CT molecular complexity index is 203. The van der Waals surface area contributed by atoms with Crippen molar-refractivity contribution in [3.05, 3.63) is 0 Å². The van der Waals surface area contributed by atoms with Gasteiger partial charge in [-0.2, -0.15) is 11.8 Å². The molecule has 0 bridgehead atoms. The van der Waals surface area contributed by atoms with Gasteiger partial charge in [0.25, 0.3) is 0 Å². The highest BCUT2D eigenvalue weighted by Gasteiger charge is 2.14. The third kappa shape index (κ3) is 6.38. The summed E-state index contributed by atoms with van der Waals surface area (Å²) < 4.78 is 0. The Morgan fingerprint density at radius 2 is 2.38 bits per heavy atom. The molecule has 1 saturated heterocycles. The van der Waals surface area contributed by atoms with Gasteiger partial charge in [0.1, 0.15) is 0 Å². The number of hydrogen-bond donors (Lipinski definition) is 2. The molecule has 0 aliphatic carbocycles. The third-order valence-electron chi connectivity index (χ3n) is 2.86. The topological polar surface area (TPSA) is 55.1 Å². The van der Waals surface area contributed by atoms with Crippen LogP contribution in [-0.4, -0.2) is 29.5 Å². The van der Waals surface area contributed by atoms with Crippen LogP contribution in [0, 0.1) is 0 Å². The molecule has 1 heterocycles. The average molecular weight is 244 g/mol. The van der Waals surface area contributed by atoms with Gasteiger partial charge in [-0.05, 0) is 38.4 Å². The number of amides is 1. The van der Waals surface area contributed by atoms with E-state index in [0.29, 0.717) is 11.7 Å². The lowest BCUT2D eigenvalue weighted by Gasteiger charge is -2.21. The van der Waals surface area contributed by atoms with Crippen molar-refractivity contribution < 1.29 is 4.79 Å². The predicted octanol–water partition coefficient (Wildman–Crippen LogP) is 1.91. The van der Waals surface area contributed by atoms with Crippen molar-refractivity contribution in [2.24, 2.45) is 5.73 Å². The Morgan fingerprint density at radius 3 is 3.00 bits per heavy atom. The molecule has 2 unspecified atom stereocenters. The Kier molecular flexibility index (Phi) is 6.88. The van der Waals surface area contributed by atoms with Gasteiger partial charge in [0.2, 0.25) is 5.91 Å². The van der Waals surface area contributed by atoms with Crippen LogP contribution in [0.5, 0.6) is 0 Å². The predicted molar refractivity (Wildman–Crippen MR) is 70.6 cm³/mol. The van der Waals surface area contributed by atoms with Gasteiger partial charge in [-0.15, -0.1) is 0 Å². The first-order valence-electron chi connectivity index (χ1n) is 6.32. The number of hydrogen-bond acceptors (Lipinski definition) is 3. The van der Waals surface area contributed by atoms with Crippen LogP contribution in [0.25, 0.3) is 0 Å². The van der Waals surface area contributed by atoms with E-state index in [2.05, 4.69) is 5.32 Å². The van der Waals surface area contributed by atoms with E-state index < -0.39 is 0 Å². The first kappa shape index (κ1) is 13.8. The maximum Gasteiger partial charge on any atom is 0.220 e. The van der Waals surface area contributed by atoms with E-state index in [1.165, 1.54) is 25.0 Å². The molecular formula is C12H24N2OS. The van der Waals surface area contributed by atoms with Gasteiger partial charge in [-0.1, -0.05) is 6.42 Å². The Hall–Kier alpha value is -0.220. The van der Waals surface area contributed by atoms with Gasteiger partial charge in [0.15, 0.2) is 0 Å². The smallest absolute Gasteiger partial charge is 0.220 e. The summed E-state index contributed by atoms with van der Waals surface area (Å²) in [5.41, 5.74) is 5.63. The quantitative estimate of drug-likeness (QED) is 0.750. The molecule has 0 aromatic rings. The third-order valence-corrected chi connectivity index (χ3v) is 4.26. The molecular weight excluding hydrogens is 220 g/mol. The zero-order valence-corrected chi connectivity index (χ0v) is 11.0. The van der Waals surface area contributed by atoms with Crippen molar-refractivity contribution in [2.75, 3.05) is 12.3 Å². The van der Waals surface area contributed by atoms with Gasteiger partial charge < -0.3 is 11.1 Å². The van der Waals surface area contributed by atoms with E-state index >= 15 is 0 Å². The normalized spacial score (nSPS) is 22.8. The second-order valence-electron chi connectivity index (χ2n) is 4.66. The number of nitrogens with one attached hydrogen (secondary N) is 1. The minimum Gasteiger partial charge on any atom is -0.355 e. The molecule has 4 heteroatoms. The van der Waals surface area contributed by atoms with Crippen LogP contribution in [-0.2, 0) is 4.79 Å². The van der Waals surface area contributed by atoms with Crippen LogP contribution in [0.2, 0.25) is 0 Å². The van der Waals surface area contributed by atoms with Crippen LogP contribution in [0.15, 0.2) is 0 Å². The molecule has 2 atom stereocenters. The molecule has 1 amide bonds. The summed E-state index contributed by atoms with van der Waals surface area (Å²) in [7, 11) is 0. The SMILES string of the molecule is CC(N)CCCC(=O)NCC1CCCCS1. The first-order valence-corrected chi connectivity index (χ1v) is 7.37. The molecule has 16 heavy (non-hydrogen) atoms. The van der Waals surface area contributed by atoms with Crippen LogP contribution >= 0.6 is 11.8 Å². The van der Waals surface area contributed by atoms with Crippen LogP contribution in [0.1, 0.15) is 45.4 Å². The summed E-state index contributed by atoms with van der Waals surface area (Å²) in [6, 6.07) is 0.210. The molecule has 0 radical (unpaired) electrons. The molecule has 0 spiro atoms. The summed E-state index contributed by atoms with van der Waals surface area (Å²) in [6.45, 7) is 2.83. The fourth-order valence-electron chi connectivity index (χ4n) is 1.87. The lowest BCUT2D eigenvalue weighted by atomic mass is 10.1. The zero-order chi connectivity index (χ0) is 11.8. The fourth-order valence-corrected chi connectivity index (χ4v) is 3.11. The van der Waals surface area contributed by atoms with Crippen LogP contribution in [0.4, 0.5) is 0 Å². The number of nitrogens with two attached hydrogens (primary N) is 1. The molecule has 1 aliphatic rings. The maximum atomic E-state index is 11.5. The van der Waals surface area contributed by atoms with Gasteiger partial charge in [-0.25, -0.2) is 0 Å². The number of rotatable bonds is 6. The molecule has 1 rings (SSSR count). The number of carbonyl (C=O) groups excluding carboxylic acids is 1. The van der Waals surface area contributed by atoms with E-state index in [4.69, 9.17) is 5.73 Å². The summed E-state index contributed by atoms with van der Waals surface area (Å²) in [6.07, 6.45) is 6.37. The minimum atomic E-state index is 0.187. The molecule has 0 saturated carbocycles. The molecule has 0 aromatic carbocycles. The second kappa shape index (κ2) is 7.96. The highest BCUT2D eigenvalue weighted by molar-refractivity contribution is 7.99. The summed E-state index contributed by atoms with van der Waals surface area (Å²) in [5, 5.41) is 3.67. The van der Waals surface area contributed by atoms with Gasteiger partial charge in [0.05, 0.1) is 0 Å². The Balaban J connectivity index is 2.00. The summed E-state index contributed by atoms with van der Waals surface area (Å²) in [5.74, 6) is 1.44. The largest absolute Gasteiger partial charge is 0.355 e. The molecule has 3 N–H and O–H groups in total. The molecule has 94 valence electrons. The number of carbonyl (C=O) groups is 1. The van der Waals surface area contributed by atoms with Crippen LogP contribution in [0.3, 0.4) is 0 Å². The zero-order valence-electron chi connectivity index (χ0n) is 10.2. The Labute approximate surface area is 103 Å². The second-order valence-corrected chi connectivity index (χ2v) is 6.07.